The number of nitrogens with zero attached hydrogens (tertiary/aromatic N) is 1. The van der Waals surface area contributed by atoms with Crippen molar-refractivity contribution in [2.24, 2.45) is 0 Å². The summed E-state index contributed by atoms with van der Waals surface area (Å²) < 4.78 is 5.59. The molecular weight excluding hydrogens is 302 g/mol. The van der Waals surface area contributed by atoms with Crippen molar-refractivity contribution in [2.45, 2.75) is 26.7 Å². The Morgan fingerprint density at radius 2 is 1.88 bits per heavy atom. The first-order valence-electron chi connectivity index (χ1n) is 8.18. The van der Waals surface area contributed by atoms with Gasteiger partial charge in [-0.25, -0.2) is 0 Å². The van der Waals surface area contributed by atoms with Crippen molar-refractivity contribution in [3.05, 3.63) is 59.2 Å². The van der Waals surface area contributed by atoms with E-state index in [2.05, 4.69) is 13.0 Å². The predicted molar refractivity (Wildman–Crippen MR) is 93.8 cm³/mol. The number of carbonyl (C=O) groups is 2. The van der Waals surface area contributed by atoms with E-state index in [4.69, 9.17) is 4.74 Å². The lowest BCUT2D eigenvalue weighted by molar-refractivity contribution is -0.120. The van der Waals surface area contributed by atoms with Crippen molar-refractivity contribution in [1.29, 1.82) is 0 Å². The monoisotopic (exact) mass is 323 g/mol. The molecule has 0 atom stereocenters. The van der Waals surface area contributed by atoms with E-state index < -0.39 is 0 Å². The molecule has 1 aliphatic heterocycles. The molecule has 24 heavy (non-hydrogen) atoms. The Morgan fingerprint density at radius 3 is 2.58 bits per heavy atom. The van der Waals surface area contributed by atoms with E-state index in [0.29, 0.717) is 11.3 Å². The van der Waals surface area contributed by atoms with Crippen molar-refractivity contribution < 1.29 is 14.3 Å². The molecule has 0 bridgehead atoms. The number of amides is 1. The number of benzene rings is 2. The maximum absolute atomic E-state index is 12.5. The standard InChI is InChI=1S/C20H21NO3/c1-14-5-10-19-17(12-14)4-3-11-21(19)20(23)13-24-18-8-6-16(7-9-18)15(2)22/h5-10,12H,3-4,11,13H2,1-2H3. The first kappa shape index (κ1) is 16.2. The average Bonchev–Trinajstić information content (AvgIpc) is 2.59. The summed E-state index contributed by atoms with van der Waals surface area (Å²) in [5.41, 5.74) is 4.06. The van der Waals surface area contributed by atoms with E-state index in [1.165, 1.54) is 18.1 Å². The van der Waals surface area contributed by atoms with Gasteiger partial charge in [-0.3, -0.25) is 9.59 Å². The number of Topliss-reactive ketones (excluding diaryl/α,β-unsaturated/α-hetero) is 1. The van der Waals surface area contributed by atoms with E-state index in [1.807, 2.05) is 17.0 Å². The van der Waals surface area contributed by atoms with Crippen LogP contribution in [-0.4, -0.2) is 24.8 Å². The van der Waals surface area contributed by atoms with Gasteiger partial charge in [0.2, 0.25) is 0 Å². The van der Waals surface area contributed by atoms with Crippen LogP contribution in [0.25, 0.3) is 0 Å². The highest BCUT2D eigenvalue weighted by Crippen LogP contribution is 2.28. The molecule has 0 unspecified atom stereocenters. The summed E-state index contributed by atoms with van der Waals surface area (Å²) in [6, 6.07) is 13.1. The van der Waals surface area contributed by atoms with E-state index >= 15 is 0 Å². The first-order chi connectivity index (χ1) is 11.5. The summed E-state index contributed by atoms with van der Waals surface area (Å²) in [4.78, 5) is 25.6. The van der Waals surface area contributed by atoms with Gasteiger partial charge >= 0.3 is 0 Å². The highest BCUT2D eigenvalue weighted by atomic mass is 16.5. The highest BCUT2D eigenvalue weighted by molar-refractivity contribution is 5.96. The number of hydrogen-bond acceptors (Lipinski definition) is 3. The summed E-state index contributed by atoms with van der Waals surface area (Å²) in [7, 11) is 0. The maximum atomic E-state index is 12.5. The molecule has 0 spiro atoms. The minimum absolute atomic E-state index is 0.00721. The lowest BCUT2D eigenvalue weighted by Gasteiger charge is -2.29. The molecule has 0 aromatic heterocycles. The molecule has 2 aromatic rings. The quantitative estimate of drug-likeness (QED) is 0.808. The molecule has 4 heteroatoms. The van der Waals surface area contributed by atoms with E-state index in [9.17, 15) is 9.59 Å². The minimum atomic E-state index is -0.0459. The number of rotatable bonds is 4. The fourth-order valence-electron chi connectivity index (χ4n) is 2.99. The SMILES string of the molecule is CC(=O)c1ccc(OCC(=O)N2CCCc3cc(C)ccc32)cc1. The summed E-state index contributed by atoms with van der Waals surface area (Å²) in [5, 5.41) is 0. The van der Waals surface area contributed by atoms with Crippen LogP contribution < -0.4 is 9.64 Å². The van der Waals surface area contributed by atoms with Gasteiger partial charge in [0.05, 0.1) is 0 Å². The third kappa shape index (κ3) is 3.48. The maximum Gasteiger partial charge on any atom is 0.264 e. The Morgan fingerprint density at radius 1 is 1.12 bits per heavy atom. The summed E-state index contributed by atoms with van der Waals surface area (Å²) in [6.07, 6.45) is 1.98. The van der Waals surface area contributed by atoms with Crippen molar-refractivity contribution >= 4 is 17.4 Å². The number of fused-ring (bicyclic) bond motifs is 1. The van der Waals surface area contributed by atoms with Gasteiger partial charge in [0.15, 0.2) is 12.4 Å². The molecule has 1 amide bonds. The number of anilines is 1. The molecule has 4 nitrogen and oxygen atoms in total. The van der Waals surface area contributed by atoms with E-state index in [-0.39, 0.29) is 18.3 Å². The molecule has 0 fully saturated rings. The van der Waals surface area contributed by atoms with Crippen LogP contribution in [0.1, 0.15) is 34.8 Å². The average molecular weight is 323 g/mol. The highest BCUT2D eigenvalue weighted by Gasteiger charge is 2.22. The molecule has 1 aliphatic rings. The molecule has 0 aliphatic carbocycles. The van der Waals surface area contributed by atoms with Gasteiger partial charge in [-0.05, 0) is 62.6 Å². The predicted octanol–water partition coefficient (Wildman–Crippen LogP) is 3.56. The fourth-order valence-corrected chi connectivity index (χ4v) is 2.99. The van der Waals surface area contributed by atoms with Crippen LogP contribution in [0, 0.1) is 6.92 Å². The van der Waals surface area contributed by atoms with Crippen LogP contribution in [-0.2, 0) is 11.2 Å². The lowest BCUT2D eigenvalue weighted by atomic mass is 9.99. The van der Waals surface area contributed by atoms with Gasteiger partial charge in [0, 0.05) is 17.8 Å². The molecule has 1 heterocycles. The van der Waals surface area contributed by atoms with Gasteiger partial charge in [-0.15, -0.1) is 0 Å². The number of hydrogen-bond donors (Lipinski definition) is 0. The zero-order valence-electron chi connectivity index (χ0n) is 14.0. The van der Waals surface area contributed by atoms with Gasteiger partial charge < -0.3 is 9.64 Å². The molecule has 0 N–H and O–H groups in total. The van der Waals surface area contributed by atoms with Gasteiger partial charge in [0.25, 0.3) is 5.91 Å². The van der Waals surface area contributed by atoms with Crippen molar-refractivity contribution in [2.75, 3.05) is 18.1 Å². The summed E-state index contributed by atoms with van der Waals surface area (Å²) in [5.74, 6) is 0.558. The largest absolute Gasteiger partial charge is 0.484 e. The van der Waals surface area contributed by atoms with Crippen LogP contribution in [0.4, 0.5) is 5.69 Å². The number of ether oxygens (including phenoxy) is 1. The molecule has 2 aromatic carbocycles. The van der Waals surface area contributed by atoms with Crippen molar-refractivity contribution in [3.63, 3.8) is 0 Å². The van der Waals surface area contributed by atoms with E-state index in [1.54, 1.807) is 24.3 Å². The smallest absolute Gasteiger partial charge is 0.264 e. The van der Waals surface area contributed by atoms with E-state index in [0.717, 1.165) is 25.1 Å². The van der Waals surface area contributed by atoms with Gasteiger partial charge in [0.1, 0.15) is 5.75 Å². The Bertz CT molecular complexity index is 765. The second-order valence-electron chi connectivity index (χ2n) is 6.15. The second-order valence-corrected chi connectivity index (χ2v) is 6.15. The molecular formula is C20H21NO3. The first-order valence-corrected chi connectivity index (χ1v) is 8.18. The number of ketones is 1. The zero-order chi connectivity index (χ0) is 17.1. The molecule has 0 radical (unpaired) electrons. The fraction of sp³-hybridized carbons (Fsp3) is 0.300. The zero-order valence-corrected chi connectivity index (χ0v) is 14.0. The van der Waals surface area contributed by atoms with Crippen molar-refractivity contribution in [1.82, 2.24) is 0 Å². The Labute approximate surface area is 142 Å². The molecule has 0 saturated heterocycles. The minimum Gasteiger partial charge on any atom is -0.484 e. The molecule has 0 saturated carbocycles. The second kappa shape index (κ2) is 6.87. The summed E-state index contributed by atoms with van der Waals surface area (Å²) in [6.45, 7) is 4.30. The Balaban J connectivity index is 1.67. The van der Waals surface area contributed by atoms with Crippen molar-refractivity contribution in [3.8, 4) is 5.75 Å². The number of aryl methyl sites for hydroxylation is 2. The molecule has 3 rings (SSSR count). The molecule has 124 valence electrons. The van der Waals surface area contributed by atoms with Gasteiger partial charge in [-0.2, -0.15) is 0 Å². The normalized spacial score (nSPS) is 13.3. The van der Waals surface area contributed by atoms with Crippen LogP contribution in [0.5, 0.6) is 5.75 Å². The number of carbonyl (C=O) groups excluding carboxylic acids is 2. The van der Waals surface area contributed by atoms with Crippen LogP contribution in [0.3, 0.4) is 0 Å². The Kier molecular flexibility index (Phi) is 4.65. The third-order valence-corrected chi connectivity index (χ3v) is 4.28. The Hall–Kier alpha value is -2.62. The summed E-state index contributed by atoms with van der Waals surface area (Å²) >= 11 is 0. The third-order valence-electron chi connectivity index (χ3n) is 4.28. The van der Waals surface area contributed by atoms with Crippen LogP contribution in [0.15, 0.2) is 42.5 Å². The lowest BCUT2D eigenvalue weighted by Crippen LogP contribution is -2.38. The van der Waals surface area contributed by atoms with Crippen LogP contribution in [0.2, 0.25) is 0 Å². The van der Waals surface area contributed by atoms with Gasteiger partial charge in [-0.1, -0.05) is 17.7 Å². The van der Waals surface area contributed by atoms with Crippen LogP contribution >= 0.6 is 0 Å². The topological polar surface area (TPSA) is 46.6 Å².